The van der Waals surface area contributed by atoms with Crippen molar-refractivity contribution in [3.8, 4) is 0 Å². The van der Waals surface area contributed by atoms with E-state index in [4.69, 9.17) is 4.42 Å². The zero-order valence-corrected chi connectivity index (χ0v) is 14.0. The Hall–Kier alpha value is -2.26. The van der Waals surface area contributed by atoms with E-state index in [0.717, 1.165) is 5.76 Å². The molecule has 1 aliphatic rings. The van der Waals surface area contributed by atoms with Crippen LogP contribution in [0.25, 0.3) is 0 Å². The zero-order chi connectivity index (χ0) is 16.8. The van der Waals surface area contributed by atoms with Crippen LogP contribution in [0.15, 0.2) is 28.3 Å². The molecular weight excluding hydrogens is 330 g/mol. The number of rotatable bonds is 6. The number of aryl methyl sites for hydroxylation is 1. The first-order chi connectivity index (χ1) is 11.7. The van der Waals surface area contributed by atoms with Crippen LogP contribution in [0.2, 0.25) is 0 Å². The van der Waals surface area contributed by atoms with E-state index in [-0.39, 0.29) is 11.8 Å². The van der Waals surface area contributed by atoms with Gasteiger partial charge in [0.25, 0.3) is 0 Å². The third-order valence-corrected chi connectivity index (χ3v) is 4.47. The van der Waals surface area contributed by atoms with Crippen molar-refractivity contribution in [1.29, 1.82) is 0 Å². The highest BCUT2D eigenvalue weighted by Crippen LogP contribution is 2.10. The van der Waals surface area contributed by atoms with Crippen LogP contribution in [0.1, 0.15) is 12.2 Å². The number of amides is 2. The molecule has 1 saturated heterocycles. The van der Waals surface area contributed by atoms with Crippen molar-refractivity contribution in [2.24, 2.45) is 0 Å². The minimum absolute atomic E-state index is 0.107. The number of hydrogen-bond acceptors (Lipinski definition) is 7. The summed E-state index contributed by atoms with van der Waals surface area (Å²) in [7, 11) is 0. The molecule has 0 bridgehead atoms. The summed E-state index contributed by atoms with van der Waals surface area (Å²) in [6.07, 6.45) is 2.69. The van der Waals surface area contributed by atoms with Crippen molar-refractivity contribution in [2.75, 3.05) is 38.0 Å². The molecule has 1 N–H and O–H groups in total. The Morgan fingerprint density at radius 2 is 2.12 bits per heavy atom. The van der Waals surface area contributed by atoms with Crippen LogP contribution < -0.4 is 5.32 Å². The second-order valence-electron chi connectivity index (χ2n) is 5.53. The molecular formula is C15H19N5O3S. The molecule has 0 saturated carbocycles. The quantitative estimate of drug-likeness (QED) is 0.831. The lowest BCUT2D eigenvalue weighted by Gasteiger charge is -2.34. The molecule has 0 atom stereocenters. The Labute approximate surface area is 143 Å². The summed E-state index contributed by atoms with van der Waals surface area (Å²) in [4.78, 5) is 28.0. The van der Waals surface area contributed by atoms with Crippen LogP contribution in [0.4, 0.5) is 5.13 Å². The maximum atomic E-state index is 12.2. The first kappa shape index (κ1) is 16.6. The van der Waals surface area contributed by atoms with Crippen LogP contribution in [-0.2, 0) is 16.0 Å². The van der Waals surface area contributed by atoms with E-state index >= 15 is 0 Å². The van der Waals surface area contributed by atoms with Crippen molar-refractivity contribution >= 4 is 28.3 Å². The maximum absolute atomic E-state index is 12.2. The van der Waals surface area contributed by atoms with Gasteiger partial charge in [-0.3, -0.25) is 19.8 Å². The first-order valence-electron chi connectivity index (χ1n) is 7.79. The van der Waals surface area contributed by atoms with Crippen molar-refractivity contribution in [3.05, 3.63) is 29.7 Å². The number of aromatic nitrogens is 2. The lowest BCUT2D eigenvalue weighted by atomic mass is 10.2. The SMILES string of the molecule is O=C(CN1CCN(C(=O)CCc2ccco2)CC1)Nc1nncs1. The summed E-state index contributed by atoms with van der Waals surface area (Å²) < 4.78 is 5.24. The zero-order valence-electron chi connectivity index (χ0n) is 13.2. The van der Waals surface area contributed by atoms with Crippen LogP contribution in [0, 0.1) is 0 Å². The number of hydrogen-bond donors (Lipinski definition) is 1. The van der Waals surface area contributed by atoms with Gasteiger partial charge in [-0.2, -0.15) is 0 Å². The number of nitrogens with zero attached hydrogens (tertiary/aromatic N) is 4. The molecule has 0 spiro atoms. The van der Waals surface area contributed by atoms with E-state index < -0.39 is 0 Å². The molecule has 9 heteroatoms. The average Bonchev–Trinajstić information content (AvgIpc) is 3.27. The fourth-order valence-corrected chi connectivity index (χ4v) is 3.05. The number of carbonyl (C=O) groups is 2. The van der Waals surface area contributed by atoms with Crippen molar-refractivity contribution < 1.29 is 14.0 Å². The van der Waals surface area contributed by atoms with Gasteiger partial charge in [-0.15, -0.1) is 10.2 Å². The van der Waals surface area contributed by atoms with Gasteiger partial charge in [0, 0.05) is 39.0 Å². The predicted molar refractivity (Wildman–Crippen MR) is 88.6 cm³/mol. The van der Waals surface area contributed by atoms with E-state index in [2.05, 4.69) is 15.5 Å². The summed E-state index contributed by atoms with van der Waals surface area (Å²) in [5.41, 5.74) is 1.57. The third kappa shape index (κ3) is 4.62. The molecule has 3 heterocycles. The highest BCUT2D eigenvalue weighted by molar-refractivity contribution is 7.13. The maximum Gasteiger partial charge on any atom is 0.240 e. The Kier molecular flexibility index (Phi) is 5.55. The van der Waals surface area contributed by atoms with Crippen LogP contribution in [0.3, 0.4) is 0 Å². The van der Waals surface area contributed by atoms with Crippen LogP contribution in [-0.4, -0.2) is 64.5 Å². The van der Waals surface area contributed by atoms with Gasteiger partial charge in [0.15, 0.2) is 0 Å². The summed E-state index contributed by atoms with van der Waals surface area (Å²) >= 11 is 1.29. The van der Waals surface area contributed by atoms with Gasteiger partial charge in [-0.25, -0.2) is 0 Å². The summed E-state index contributed by atoms with van der Waals surface area (Å²) in [6.45, 7) is 2.96. The normalized spacial score (nSPS) is 15.4. The summed E-state index contributed by atoms with van der Waals surface area (Å²) in [5, 5.41) is 10.7. The topological polar surface area (TPSA) is 91.6 Å². The standard InChI is InChI=1S/C15H19N5O3S/c21-13(17-15-18-16-11-24-15)10-19-5-7-20(8-6-19)14(22)4-3-12-2-1-9-23-12/h1-2,9,11H,3-8,10H2,(H,17,18,21). The molecule has 1 fully saturated rings. The van der Waals surface area contributed by atoms with E-state index in [0.29, 0.717) is 50.7 Å². The molecule has 8 nitrogen and oxygen atoms in total. The number of carbonyl (C=O) groups excluding carboxylic acids is 2. The Balaban J connectivity index is 1.37. The van der Waals surface area contributed by atoms with E-state index in [9.17, 15) is 9.59 Å². The largest absolute Gasteiger partial charge is 0.469 e. The fraction of sp³-hybridized carbons (Fsp3) is 0.467. The lowest BCUT2D eigenvalue weighted by molar-refractivity contribution is -0.133. The third-order valence-electron chi connectivity index (χ3n) is 3.86. The van der Waals surface area contributed by atoms with Crippen LogP contribution in [0.5, 0.6) is 0 Å². The Morgan fingerprint density at radius 3 is 2.79 bits per heavy atom. The van der Waals surface area contributed by atoms with Crippen LogP contribution >= 0.6 is 11.3 Å². The summed E-state index contributed by atoms with van der Waals surface area (Å²) in [6, 6.07) is 3.70. The molecule has 1 aliphatic heterocycles. The molecule has 0 aliphatic carbocycles. The molecule has 2 aromatic rings. The van der Waals surface area contributed by atoms with E-state index in [1.807, 2.05) is 21.9 Å². The van der Waals surface area contributed by atoms with Gasteiger partial charge in [-0.1, -0.05) is 11.3 Å². The predicted octanol–water partition coefficient (Wildman–Crippen LogP) is 0.847. The number of piperazine rings is 1. The van der Waals surface area contributed by atoms with Crippen molar-refractivity contribution in [2.45, 2.75) is 12.8 Å². The van der Waals surface area contributed by atoms with Crippen molar-refractivity contribution in [3.63, 3.8) is 0 Å². The number of anilines is 1. The van der Waals surface area contributed by atoms with Gasteiger partial charge in [0.05, 0.1) is 12.8 Å². The molecule has 0 unspecified atom stereocenters. The molecule has 2 amide bonds. The van der Waals surface area contributed by atoms with Gasteiger partial charge >= 0.3 is 0 Å². The lowest BCUT2D eigenvalue weighted by Crippen LogP contribution is -2.50. The minimum atomic E-state index is -0.107. The van der Waals surface area contributed by atoms with Gasteiger partial charge in [-0.05, 0) is 12.1 Å². The molecule has 0 radical (unpaired) electrons. The minimum Gasteiger partial charge on any atom is -0.469 e. The number of furan rings is 1. The number of nitrogens with one attached hydrogen (secondary N) is 1. The highest BCUT2D eigenvalue weighted by atomic mass is 32.1. The summed E-state index contributed by atoms with van der Waals surface area (Å²) in [5.74, 6) is 0.851. The smallest absolute Gasteiger partial charge is 0.240 e. The first-order valence-corrected chi connectivity index (χ1v) is 8.67. The highest BCUT2D eigenvalue weighted by Gasteiger charge is 2.22. The van der Waals surface area contributed by atoms with Gasteiger partial charge in [0.2, 0.25) is 16.9 Å². The Bertz CT molecular complexity index is 651. The van der Waals surface area contributed by atoms with Crippen molar-refractivity contribution in [1.82, 2.24) is 20.0 Å². The van der Waals surface area contributed by atoms with E-state index in [1.54, 1.807) is 11.8 Å². The molecule has 0 aromatic carbocycles. The fourth-order valence-electron chi connectivity index (χ4n) is 2.59. The second kappa shape index (κ2) is 8.02. The molecule has 128 valence electrons. The van der Waals surface area contributed by atoms with Gasteiger partial charge < -0.3 is 9.32 Å². The van der Waals surface area contributed by atoms with Gasteiger partial charge in [0.1, 0.15) is 11.3 Å². The Morgan fingerprint density at radius 1 is 1.29 bits per heavy atom. The molecule has 2 aromatic heterocycles. The second-order valence-corrected chi connectivity index (χ2v) is 6.36. The molecule has 24 heavy (non-hydrogen) atoms. The molecule has 3 rings (SSSR count). The monoisotopic (exact) mass is 349 g/mol. The average molecular weight is 349 g/mol. The van der Waals surface area contributed by atoms with E-state index in [1.165, 1.54) is 11.3 Å².